The standard InChI is InChI=1S/C21H22N4OS/c1-15-23-16-7-2-4-9-18(16)25(15)14-6-13-22-20(26)11-12-21-24-17-8-3-5-10-19(17)27-21/h2-5,7-10H,6,11-14H2,1H3,(H,22,26). The molecule has 6 heteroatoms. The maximum atomic E-state index is 12.1. The van der Waals surface area contributed by atoms with Gasteiger partial charge in [-0.1, -0.05) is 24.3 Å². The van der Waals surface area contributed by atoms with E-state index in [1.807, 2.05) is 43.3 Å². The van der Waals surface area contributed by atoms with Gasteiger partial charge in [0.25, 0.3) is 0 Å². The molecule has 0 saturated heterocycles. The number of nitrogens with one attached hydrogen (secondary N) is 1. The summed E-state index contributed by atoms with van der Waals surface area (Å²) in [5, 5.41) is 4.04. The van der Waals surface area contributed by atoms with Crippen LogP contribution in [0.3, 0.4) is 0 Å². The van der Waals surface area contributed by atoms with E-state index in [0.717, 1.165) is 40.3 Å². The van der Waals surface area contributed by atoms with Crippen LogP contribution < -0.4 is 5.32 Å². The zero-order valence-electron chi connectivity index (χ0n) is 15.3. The molecule has 2 aromatic heterocycles. The maximum absolute atomic E-state index is 12.1. The number of benzene rings is 2. The summed E-state index contributed by atoms with van der Waals surface area (Å²) in [6, 6.07) is 16.2. The van der Waals surface area contributed by atoms with Gasteiger partial charge in [-0.15, -0.1) is 11.3 Å². The van der Waals surface area contributed by atoms with Gasteiger partial charge in [0.2, 0.25) is 5.91 Å². The fourth-order valence-electron chi connectivity index (χ4n) is 3.28. The van der Waals surface area contributed by atoms with E-state index in [1.54, 1.807) is 11.3 Å². The number of hydrogen-bond acceptors (Lipinski definition) is 4. The Bertz CT molecular complexity index is 1050. The molecule has 1 N–H and O–H groups in total. The lowest BCUT2D eigenvalue weighted by atomic mass is 10.3. The molecule has 5 nitrogen and oxygen atoms in total. The molecule has 0 saturated carbocycles. The number of thiazole rings is 1. The first-order chi connectivity index (χ1) is 13.2. The predicted octanol–water partition coefficient (Wildman–Crippen LogP) is 4.09. The Hall–Kier alpha value is -2.73. The number of carbonyl (C=O) groups excluding carboxylic acids is 1. The van der Waals surface area contributed by atoms with Gasteiger partial charge in [0.15, 0.2) is 0 Å². The summed E-state index contributed by atoms with van der Waals surface area (Å²) in [5.74, 6) is 1.10. The van der Waals surface area contributed by atoms with Gasteiger partial charge in [-0.25, -0.2) is 9.97 Å². The first-order valence-electron chi connectivity index (χ1n) is 9.24. The Balaban J connectivity index is 1.24. The van der Waals surface area contributed by atoms with Crippen LogP contribution in [0.1, 0.15) is 23.7 Å². The van der Waals surface area contributed by atoms with E-state index >= 15 is 0 Å². The molecule has 0 unspecified atom stereocenters. The van der Waals surface area contributed by atoms with Crippen molar-refractivity contribution in [2.75, 3.05) is 6.54 Å². The second kappa shape index (κ2) is 7.88. The van der Waals surface area contributed by atoms with Crippen molar-refractivity contribution in [2.24, 2.45) is 0 Å². The zero-order chi connectivity index (χ0) is 18.6. The second-order valence-electron chi connectivity index (χ2n) is 6.58. The molecule has 0 aliphatic heterocycles. The van der Waals surface area contributed by atoms with E-state index in [1.165, 1.54) is 4.70 Å². The van der Waals surface area contributed by atoms with Crippen molar-refractivity contribution < 1.29 is 4.79 Å². The zero-order valence-corrected chi connectivity index (χ0v) is 16.1. The highest BCUT2D eigenvalue weighted by Gasteiger charge is 2.08. The topological polar surface area (TPSA) is 59.8 Å². The molecular weight excluding hydrogens is 356 g/mol. The molecule has 1 amide bonds. The van der Waals surface area contributed by atoms with Gasteiger partial charge in [-0.05, 0) is 37.6 Å². The molecule has 0 aliphatic carbocycles. The van der Waals surface area contributed by atoms with Crippen LogP contribution in [0.25, 0.3) is 21.3 Å². The van der Waals surface area contributed by atoms with Crippen LogP contribution >= 0.6 is 11.3 Å². The van der Waals surface area contributed by atoms with Crippen molar-refractivity contribution in [3.63, 3.8) is 0 Å². The maximum Gasteiger partial charge on any atom is 0.220 e. The Morgan fingerprint density at radius 3 is 2.70 bits per heavy atom. The third-order valence-corrected chi connectivity index (χ3v) is 5.73. The van der Waals surface area contributed by atoms with Crippen molar-refractivity contribution in [2.45, 2.75) is 32.7 Å². The van der Waals surface area contributed by atoms with Gasteiger partial charge in [-0.2, -0.15) is 0 Å². The van der Waals surface area contributed by atoms with Crippen LogP contribution in [0.15, 0.2) is 48.5 Å². The summed E-state index contributed by atoms with van der Waals surface area (Å²) in [4.78, 5) is 21.3. The van der Waals surface area contributed by atoms with E-state index in [0.29, 0.717) is 19.4 Å². The molecule has 0 radical (unpaired) electrons. The van der Waals surface area contributed by atoms with Crippen molar-refractivity contribution >= 4 is 38.5 Å². The Morgan fingerprint density at radius 1 is 1.07 bits per heavy atom. The van der Waals surface area contributed by atoms with Crippen LogP contribution in [0.4, 0.5) is 0 Å². The number of imidazole rings is 1. The lowest BCUT2D eigenvalue weighted by molar-refractivity contribution is -0.121. The number of carbonyl (C=O) groups is 1. The Labute approximate surface area is 162 Å². The summed E-state index contributed by atoms with van der Waals surface area (Å²) in [6.07, 6.45) is 2.05. The summed E-state index contributed by atoms with van der Waals surface area (Å²) in [6.45, 7) is 3.55. The molecule has 4 rings (SSSR count). The van der Waals surface area contributed by atoms with Gasteiger partial charge in [0, 0.05) is 25.9 Å². The van der Waals surface area contributed by atoms with Crippen molar-refractivity contribution in [1.82, 2.24) is 19.9 Å². The summed E-state index contributed by atoms with van der Waals surface area (Å²) < 4.78 is 3.39. The predicted molar refractivity (Wildman–Crippen MR) is 110 cm³/mol. The lowest BCUT2D eigenvalue weighted by Crippen LogP contribution is -2.25. The number of rotatable bonds is 7. The minimum atomic E-state index is 0.0847. The number of para-hydroxylation sites is 3. The molecule has 0 bridgehead atoms. The molecule has 0 aliphatic rings. The van der Waals surface area contributed by atoms with Gasteiger partial charge < -0.3 is 9.88 Å². The molecule has 0 atom stereocenters. The van der Waals surface area contributed by atoms with Crippen LogP contribution in [-0.2, 0) is 17.8 Å². The molecule has 2 aromatic carbocycles. The first kappa shape index (κ1) is 17.7. The molecule has 2 heterocycles. The average Bonchev–Trinajstić information content (AvgIpc) is 3.23. The Kier molecular flexibility index (Phi) is 5.16. The number of hydrogen-bond donors (Lipinski definition) is 1. The Morgan fingerprint density at radius 2 is 1.85 bits per heavy atom. The molecular formula is C21H22N4OS. The fraction of sp³-hybridized carbons (Fsp3) is 0.286. The number of amides is 1. The lowest BCUT2D eigenvalue weighted by Gasteiger charge is -2.08. The van der Waals surface area contributed by atoms with E-state index in [2.05, 4.69) is 32.0 Å². The van der Waals surface area contributed by atoms with Gasteiger partial charge in [0.1, 0.15) is 5.82 Å². The summed E-state index contributed by atoms with van der Waals surface area (Å²) in [5.41, 5.74) is 3.19. The van der Waals surface area contributed by atoms with Gasteiger partial charge >= 0.3 is 0 Å². The number of nitrogens with zero attached hydrogens (tertiary/aromatic N) is 3. The van der Waals surface area contributed by atoms with Crippen molar-refractivity contribution in [3.05, 3.63) is 59.4 Å². The first-order valence-corrected chi connectivity index (χ1v) is 10.1. The molecule has 4 aromatic rings. The van der Waals surface area contributed by atoms with Crippen molar-refractivity contribution in [3.8, 4) is 0 Å². The highest BCUT2D eigenvalue weighted by Crippen LogP contribution is 2.22. The van der Waals surface area contributed by atoms with Crippen molar-refractivity contribution in [1.29, 1.82) is 0 Å². The highest BCUT2D eigenvalue weighted by molar-refractivity contribution is 7.18. The fourth-order valence-corrected chi connectivity index (χ4v) is 4.25. The van der Waals surface area contributed by atoms with Crippen LogP contribution in [-0.4, -0.2) is 27.0 Å². The van der Waals surface area contributed by atoms with Crippen LogP contribution in [0.2, 0.25) is 0 Å². The van der Waals surface area contributed by atoms with E-state index in [-0.39, 0.29) is 5.91 Å². The van der Waals surface area contributed by atoms with E-state index in [4.69, 9.17) is 0 Å². The number of aromatic nitrogens is 3. The largest absolute Gasteiger partial charge is 0.356 e. The average molecular weight is 379 g/mol. The highest BCUT2D eigenvalue weighted by atomic mass is 32.1. The molecule has 0 fully saturated rings. The van der Waals surface area contributed by atoms with Gasteiger partial charge in [0.05, 0.1) is 26.3 Å². The molecule has 0 spiro atoms. The molecule has 138 valence electrons. The number of aryl methyl sites for hydroxylation is 3. The second-order valence-corrected chi connectivity index (χ2v) is 7.69. The smallest absolute Gasteiger partial charge is 0.220 e. The summed E-state index contributed by atoms with van der Waals surface area (Å²) in [7, 11) is 0. The van der Waals surface area contributed by atoms with E-state index < -0.39 is 0 Å². The third-order valence-electron chi connectivity index (χ3n) is 4.63. The quantitative estimate of drug-likeness (QED) is 0.493. The minimum Gasteiger partial charge on any atom is -0.356 e. The third kappa shape index (κ3) is 4.01. The normalized spacial score (nSPS) is 11.3. The minimum absolute atomic E-state index is 0.0847. The summed E-state index contributed by atoms with van der Waals surface area (Å²) >= 11 is 1.67. The van der Waals surface area contributed by atoms with Crippen LogP contribution in [0.5, 0.6) is 0 Å². The van der Waals surface area contributed by atoms with Crippen LogP contribution in [0, 0.1) is 6.92 Å². The van der Waals surface area contributed by atoms with E-state index in [9.17, 15) is 4.79 Å². The SMILES string of the molecule is Cc1nc2ccccc2n1CCCNC(=O)CCc1nc2ccccc2s1. The van der Waals surface area contributed by atoms with Gasteiger partial charge in [-0.3, -0.25) is 4.79 Å². The monoisotopic (exact) mass is 378 g/mol. The number of fused-ring (bicyclic) bond motifs is 2. The molecule has 27 heavy (non-hydrogen) atoms.